The number of benzene rings is 2. The van der Waals surface area contributed by atoms with Gasteiger partial charge < -0.3 is 19.7 Å². The summed E-state index contributed by atoms with van der Waals surface area (Å²) in [7, 11) is 7.19. The van der Waals surface area contributed by atoms with E-state index in [1.165, 1.54) is 11.1 Å². The summed E-state index contributed by atoms with van der Waals surface area (Å²) < 4.78 is 10.7. The van der Waals surface area contributed by atoms with Gasteiger partial charge in [-0.15, -0.1) is 24.0 Å². The van der Waals surface area contributed by atoms with Gasteiger partial charge in [0.25, 0.3) is 0 Å². The molecule has 29 heavy (non-hydrogen) atoms. The van der Waals surface area contributed by atoms with E-state index in [0.29, 0.717) is 12.0 Å². The predicted octanol–water partition coefficient (Wildman–Crippen LogP) is 4.58. The number of halogens is 2. The van der Waals surface area contributed by atoms with Crippen LogP contribution in [0.15, 0.2) is 47.5 Å². The molecule has 1 aliphatic rings. The summed E-state index contributed by atoms with van der Waals surface area (Å²) in [4.78, 5) is 6.60. The number of likely N-dealkylation sites (N-methyl/N-ethyl adjacent to an activating group) is 1. The van der Waals surface area contributed by atoms with Crippen molar-refractivity contribution in [1.82, 2.24) is 10.2 Å². The standard InChI is InChI=1S/C22H28ClN3O2.HI/c1-24-22(25-19-14-18(19)16-6-5-7-17(23)13-16)26(2)11-10-15-8-9-20(27-3)21(12-15)28-4;/h5-9,12-13,18-19H,10-11,14H2,1-4H3,(H,24,25);1H. The zero-order chi connectivity index (χ0) is 20.1. The van der Waals surface area contributed by atoms with Crippen molar-refractivity contribution in [2.75, 3.05) is 34.9 Å². The van der Waals surface area contributed by atoms with Crippen molar-refractivity contribution in [2.45, 2.75) is 24.8 Å². The third-order valence-electron chi connectivity index (χ3n) is 5.14. The fourth-order valence-corrected chi connectivity index (χ4v) is 3.61. The molecule has 1 N–H and O–H groups in total. The van der Waals surface area contributed by atoms with Gasteiger partial charge >= 0.3 is 0 Å². The molecular weight excluding hydrogens is 501 g/mol. The van der Waals surface area contributed by atoms with Crippen LogP contribution in [0.25, 0.3) is 0 Å². The Hall–Kier alpha value is -1.67. The Bertz CT molecular complexity index is 847. The van der Waals surface area contributed by atoms with Gasteiger partial charge in [-0.1, -0.05) is 29.8 Å². The molecule has 0 spiro atoms. The summed E-state index contributed by atoms with van der Waals surface area (Å²) in [6.07, 6.45) is 1.99. The van der Waals surface area contributed by atoms with Gasteiger partial charge in [0.1, 0.15) is 0 Å². The Morgan fingerprint density at radius 2 is 1.93 bits per heavy atom. The van der Waals surface area contributed by atoms with Crippen LogP contribution in [0, 0.1) is 0 Å². The maximum absolute atomic E-state index is 6.12. The summed E-state index contributed by atoms with van der Waals surface area (Å²) in [5, 5.41) is 4.36. The smallest absolute Gasteiger partial charge is 0.193 e. The quantitative estimate of drug-likeness (QED) is 0.324. The number of guanidine groups is 1. The summed E-state index contributed by atoms with van der Waals surface area (Å²) >= 11 is 6.12. The molecule has 0 aliphatic heterocycles. The SMILES string of the molecule is CN=C(NC1CC1c1cccc(Cl)c1)N(C)CCc1ccc(OC)c(OC)c1.I. The Morgan fingerprint density at radius 3 is 2.59 bits per heavy atom. The lowest BCUT2D eigenvalue weighted by atomic mass is 10.1. The first kappa shape index (κ1) is 23.6. The van der Waals surface area contributed by atoms with Crippen LogP contribution in [0.4, 0.5) is 0 Å². The fourth-order valence-electron chi connectivity index (χ4n) is 3.41. The summed E-state index contributed by atoms with van der Waals surface area (Å²) in [6, 6.07) is 14.6. The summed E-state index contributed by atoms with van der Waals surface area (Å²) in [6.45, 7) is 0.851. The lowest BCUT2D eigenvalue weighted by Crippen LogP contribution is -2.41. The largest absolute Gasteiger partial charge is 0.493 e. The Morgan fingerprint density at radius 1 is 1.17 bits per heavy atom. The topological polar surface area (TPSA) is 46.1 Å². The maximum Gasteiger partial charge on any atom is 0.193 e. The molecule has 2 unspecified atom stereocenters. The highest BCUT2D eigenvalue weighted by atomic mass is 127. The van der Waals surface area contributed by atoms with Crippen molar-refractivity contribution in [3.8, 4) is 11.5 Å². The molecule has 0 aromatic heterocycles. The third kappa shape index (κ3) is 6.15. The second-order valence-corrected chi connectivity index (χ2v) is 7.49. The van der Waals surface area contributed by atoms with E-state index < -0.39 is 0 Å². The van der Waals surface area contributed by atoms with Gasteiger partial charge in [0.2, 0.25) is 0 Å². The van der Waals surface area contributed by atoms with E-state index in [1.807, 2.05) is 31.3 Å². The molecule has 0 bridgehead atoms. The van der Waals surface area contributed by atoms with E-state index in [-0.39, 0.29) is 24.0 Å². The zero-order valence-corrected chi connectivity index (χ0v) is 20.4. The molecular formula is C22H29ClIN3O2. The van der Waals surface area contributed by atoms with Crippen LogP contribution in [0.5, 0.6) is 11.5 Å². The minimum absolute atomic E-state index is 0. The first-order valence-electron chi connectivity index (χ1n) is 9.46. The average molecular weight is 530 g/mol. The van der Waals surface area contributed by atoms with Crippen molar-refractivity contribution in [2.24, 2.45) is 4.99 Å². The fraction of sp³-hybridized carbons (Fsp3) is 0.409. The second-order valence-electron chi connectivity index (χ2n) is 7.06. The first-order valence-corrected chi connectivity index (χ1v) is 9.84. The Labute approximate surface area is 195 Å². The molecule has 0 radical (unpaired) electrons. The van der Waals surface area contributed by atoms with E-state index >= 15 is 0 Å². The predicted molar refractivity (Wildman–Crippen MR) is 130 cm³/mol. The summed E-state index contributed by atoms with van der Waals surface area (Å²) in [5.41, 5.74) is 2.48. The molecule has 2 atom stereocenters. The average Bonchev–Trinajstić information content (AvgIpc) is 3.49. The lowest BCUT2D eigenvalue weighted by Gasteiger charge is -2.22. The van der Waals surface area contributed by atoms with Crippen LogP contribution in [0.2, 0.25) is 5.02 Å². The van der Waals surface area contributed by atoms with Crippen molar-refractivity contribution in [3.05, 3.63) is 58.6 Å². The van der Waals surface area contributed by atoms with Crippen LogP contribution >= 0.6 is 35.6 Å². The van der Waals surface area contributed by atoms with E-state index in [9.17, 15) is 0 Å². The van der Waals surface area contributed by atoms with Crippen LogP contribution in [0.1, 0.15) is 23.5 Å². The Kier molecular flexibility index (Phi) is 8.89. The molecule has 5 nitrogen and oxygen atoms in total. The molecule has 1 fully saturated rings. The number of rotatable bonds is 7. The van der Waals surface area contributed by atoms with E-state index in [0.717, 1.165) is 41.9 Å². The van der Waals surface area contributed by atoms with E-state index in [4.69, 9.17) is 21.1 Å². The van der Waals surface area contributed by atoms with Crippen LogP contribution in [-0.4, -0.2) is 51.8 Å². The molecule has 2 aromatic carbocycles. The highest BCUT2D eigenvalue weighted by molar-refractivity contribution is 14.0. The molecule has 158 valence electrons. The second kappa shape index (κ2) is 10.9. The van der Waals surface area contributed by atoms with E-state index in [1.54, 1.807) is 14.2 Å². The number of ether oxygens (including phenoxy) is 2. The zero-order valence-electron chi connectivity index (χ0n) is 17.3. The van der Waals surface area contributed by atoms with Gasteiger partial charge in [-0.2, -0.15) is 0 Å². The molecule has 0 amide bonds. The number of methoxy groups -OCH3 is 2. The number of hydrogen-bond acceptors (Lipinski definition) is 3. The summed E-state index contributed by atoms with van der Waals surface area (Å²) in [5.74, 6) is 2.91. The van der Waals surface area contributed by atoms with Gasteiger partial charge in [-0.05, 0) is 48.2 Å². The molecule has 1 saturated carbocycles. The van der Waals surface area contributed by atoms with Gasteiger partial charge in [-0.25, -0.2) is 0 Å². The lowest BCUT2D eigenvalue weighted by molar-refractivity contribution is 0.354. The molecule has 0 saturated heterocycles. The number of aliphatic imine (C=N–C) groups is 1. The van der Waals surface area contributed by atoms with Gasteiger partial charge in [-0.3, -0.25) is 4.99 Å². The highest BCUT2D eigenvalue weighted by Crippen LogP contribution is 2.41. The third-order valence-corrected chi connectivity index (χ3v) is 5.37. The van der Waals surface area contributed by atoms with Gasteiger partial charge in [0, 0.05) is 37.6 Å². The first-order chi connectivity index (χ1) is 13.5. The van der Waals surface area contributed by atoms with Crippen molar-refractivity contribution < 1.29 is 9.47 Å². The monoisotopic (exact) mass is 529 g/mol. The molecule has 2 aromatic rings. The van der Waals surface area contributed by atoms with Crippen LogP contribution in [-0.2, 0) is 6.42 Å². The van der Waals surface area contributed by atoms with Gasteiger partial charge in [0.05, 0.1) is 14.2 Å². The van der Waals surface area contributed by atoms with Crippen LogP contribution < -0.4 is 14.8 Å². The highest BCUT2D eigenvalue weighted by Gasteiger charge is 2.39. The Balaban J connectivity index is 0.00000300. The van der Waals surface area contributed by atoms with E-state index in [2.05, 4.69) is 40.5 Å². The van der Waals surface area contributed by atoms with Gasteiger partial charge in [0.15, 0.2) is 17.5 Å². The van der Waals surface area contributed by atoms with Crippen LogP contribution in [0.3, 0.4) is 0 Å². The maximum atomic E-state index is 6.12. The molecule has 1 aliphatic carbocycles. The molecule has 3 rings (SSSR count). The van der Waals surface area contributed by atoms with Crippen molar-refractivity contribution in [1.29, 1.82) is 0 Å². The molecule has 7 heteroatoms. The normalized spacial score (nSPS) is 17.9. The minimum Gasteiger partial charge on any atom is -0.493 e. The minimum atomic E-state index is 0. The number of nitrogens with zero attached hydrogens (tertiary/aromatic N) is 2. The van der Waals surface area contributed by atoms with Crippen molar-refractivity contribution >= 4 is 41.5 Å². The van der Waals surface area contributed by atoms with Crippen molar-refractivity contribution in [3.63, 3.8) is 0 Å². The number of hydrogen-bond donors (Lipinski definition) is 1. The number of nitrogens with one attached hydrogen (secondary N) is 1. The molecule has 0 heterocycles.